The lowest BCUT2D eigenvalue weighted by Gasteiger charge is -2.18. The van der Waals surface area contributed by atoms with Crippen LogP contribution in [0.3, 0.4) is 0 Å². The molecule has 0 aliphatic heterocycles. The minimum absolute atomic E-state index is 0.184. The molecule has 0 saturated carbocycles. The molecule has 0 spiro atoms. The molecule has 1 amide bonds. The third-order valence-electron chi connectivity index (χ3n) is 2.56. The van der Waals surface area contributed by atoms with Crippen molar-refractivity contribution < 1.29 is 14.3 Å². The zero-order valence-electron chi connectivity index (χ0n) is 12.7. The van der Waals surface area contributed by atoms with Gasteiger partial charge in [0.25, 0.3) is 5.91 Å². The smallest absolute Gasteiger partial charge is 0.328 e. The molecule has 21 heavy (non-hydrogen) atoms. The summed E-state index contributed by atoms with van der Waals surface area (Å²) in [5.74, 6) is 0.208. The molecule has 0 saturated heterocycles. The van der Waals surface area contributed by atoms with Gasteiger partial charge in [0.1, 0.15) is 6.04 Å². The lowest BCUT2D eigenvalue weighted by molar-refractivity contribution is -0.149. The SMILES string of the molecule is CSCCC(NC(=O)c1ccc(SC)s1)C(=O)OC(C)C. The normalized spacial score (nSPS) is 12.2. The predicted molar refractivity (Wildman–Crippen MR) is 91.6 cm³/mol. The first kappa shape index (κ1) is 18.4. The quantitative estimate of drug-likeness (QED) is 0.578. The summed E-state index contributed by atoms with van der Waals surface area (Å²) in [6, 6.07) is 3.10. The third-order valence-corrected chi connectivity index (χ3v) is 5.37. The van der Waals surface area contributed by atoms with Gasteiger partial charge in [-0.05, 0) is 50.7 Å². The van der Waals surface area contributed by atoms with Gasteiger partial charge in [-0.1, -0.05) is 0 Å². The summed E-state index contributed by atoms with van der Waals surface area (Å²) in [5, 5.41) is 2.79. The Morgan fingerprint density at radius 2 is 2.05 bits per heavy atom. The summed E-state index contributed by atoms with van der Waals surface area (Å²) in [6.07, 6.45) is 4.32. The number of ether oxygens (including phenoxy) is 1. The lowest BCUT2D eigenvalue weighted by Crippen LogP contribution is -2.42. The van der Waals surface area contributed by atoms with Gasteiger partial charge >= 0.3 is 5.97 Å². The van der Waals surface area contributed by atoms with Gasteiger partial charge < -0.3 is 10.1 Å². The van der Waals surface area contributed by atoms with Gasteiger partial charge in [-0.3, -0.25) is 4.79 Å². The minimum atomic E-state index is -0.591. The zero-order chi connectivity index (χ0) is 15.8. The number of nitrogens with one attached hydrogen (secondary N) is 1. The van der Waals surface area contributed by atoms with Gasteiger partial charge in [-0.25, -0.2) is 4.79 Å². The summed E-state index contributed by atoms with van der Waals surface area (Å²) in [7, 11) is 0. The maximum absolute atomic E-state index is 12.2. The second kappa shape index (κ2) is 9.38. The second-order valence-corrected chi connectivity index (χ2v) is 7.79. The van der Waals surface area contributed by atoms with E-state index in [1.54, 1.807) is 43.4 Å². The molecular weight excluding hydrogens is 326 g/mol. The van der Waals surface area contributed by atoms with E-state index in [4.69, 9.17) is 4.74 Å². The minimum Gasteiger partial charge on any atom is -0.461 e. The van der Waals surface area contributed by atoms with E-state index in [-0.39, 0.29) is 18.0 Å². The Morgan fingerprint density at radius 3 is 2.57 bits per heavy atom. The van der Waals surface area contributed by atoms with E-state index in [2.05, 4.69) is 5.32 Å². The Kier molecular flexibility index (Phi) is 8.21. The molecule has 0 aliphatic carbocycles. The first-order chi connectivity index (χ1) is 9.97. The van der Waals surface area contributed by atoms with Crippen LogP contribution < -0.4 is 5.32 Å². The molecular formula is C14H21NO3S3. The standard InChI is InChI=1S/C14H21NO3S3/c1-9(2)18-14(17)10(7-8-19-3)15-13(16)11-5-6-12(20-4)21-11/h5-6,9-10H,7-8H2,1-4H3,(H,15,16). The predicted octanol–water partition coefficient (Wildman–Crippen LogP) is 3.27. The fourth-order valence-corrected chi connectivity index (χ4v) is 3.50. The summed E-state index contributed by atoms with van der Waals surface area (Å²) in [5.41, 5.74) is 0. The van der Waals surface area contributed by atoms with Crippen LogP contribution in [0.25, 0.3) is 0 Å². The highest BCUT2D eigenvalue weighted by atomic mass is 32.2. The van der Waals surface area contributed by atoms with Crippen molar-refractivity contribution in [2.75, 3.05) is 18.3 Å². The molecule has 0 aliphatic rings. The Bertz CT molecular complexity index is 474. The average Bonchev–Trinajstić information content (AvgIpc) is 2.91. The summed E-state index contributed by atoms with van der Waals surface area (Å²) < 4.78 is 6.28. The molecule has 0 bridgehead atoms. The van der Waals surface area contributed by atoms with Crippen LogP contribution >= 0.6 is 34.9 Å². The number of esters is 1. The number of hydrogen-bond donors (Lipinski definition) is 1. The number of hydrogen-bond acceptors (Lipinski definition) is 6. The van der Waals surface area contributed by atoms with Crippen LogP contribution in [-0.4, -0.2) is 42.3 Å². The van der Waals surface area contributed by atoms with Crippen molar-refractivity contribution in [3.05, 3.63) is 17.0 Å². The summed E-state index contributed by atoms with van der Waals surface area (Å²) >= 11 is 4.66. The van der Waals surface area contributed by atoms with Gasteiger partial charge in [0.15, 0.2) is 0 Å². The van der Waals surface area contributed by atoms with Gasteiger partial charge in [-0.2, -0.15) is 11.8 Å². The van der Waals surface area contributed by atoms with E-state index in [1.165, 1.54) is 11.3 Å². The van der Waals surface area contributed by atoms with E-state index in [9.17, 15) is 9.59 Å². The number of amides is 1. The Labute approximate surface area is 138 Å². The maximum Gasteiger partial charge on any atom is 0.328 e. The van der Waals surface area contributed by atoms with E-state index >= 15 is 0 Å². The molecule has 1 aromatic rings. The van der Waals surface area contributed by atoms with Crippen LogP contribution in [-0.2, 0) is 9.53 Å². The van der Waals surface area contributed by atoms with Crippen molar-refractivity contribution in [3.63, 3.8) is 0 Å². The Morgan fingerprint density at radius 1 is 1.33 bits per heavy atom. The Balaban J connectivity index is 2.70. The van der Waals surface area contributed by atoms with Crippen molar-refractivity contribution in [3.8, 4) is 0 Å². The molecule has 1 N–H and O–H groups in total. The van der Waals surface area contributed by atoms with Crippen LogP contribution in [0.15, 0.2) is 16.3 Å². The van der Waals surface area contributed by atoms with Crippen molar-refractivity contribution >= 4 is 46.7 Å². The number of carbonyl (C=O) groups excluding carboxylic acids is 2. The van der Waals surface area contributed by atoms with Crippen molar-refractivity contribution in [2.24, 2.45) is 0 Å². The van der Waals surface area contributed by atoms with Crippen LogP contribution in [0.5, 0.6) is 0 Å². The maximum atomic E-state index is 12.2. The largest absolute Gasteiger partial charge is 0.461 e. The molecule has 0 aromatic carbocycles. The second-order valence-electron chi connectivity index (χ2n) is 4.62. The first-order valence-electron chi connectivity index (χ1n) is 6.62. The van der Waals surface area contributed by atoms with Crippen molar-refractivity contribution in [1.82, 2.24) is 5.32 Å². The van der Waals surface area contributed by atoms with Crippen LogP contribution in [0, 0.1) is 0 Å². The Hall–Kier alpha value is -0.660. The molecule has 7 heteroatoms. The van der Waals surface area contributed by atoms with Gasteiger partial charge in [0.05, 0.1) is 15.2 Å². The summed E-state index contributed by atoms with van der Waals surface area (Å²) in [6.45, 7) is 3.60. The van der Waals surface area contributed by atoms with Gasteiger partial charge in [0.2, 0.25) is 0 Å². The highest BCUT2D eigenvalue weighted by molar-refractivity contribution is 8.00. The number of rotatable bonds is 8. The van der Waals surface area contributed by atoms with Crippen LogP contribution in [0.2, 0.25) is 0 Å². The average molecular weight is 348 g/mol. The van der Waals surface area contributed by atoms with E-state index in [0.29, 0.717) is 11.3 Å². The molecule has 1 atom stereocenters. The third kappa shape index (κ3) is 6.32. The van der Waals surface area contributed by atoms with Gasteiger partial charge in [0, 0.05) is 0 Å². The number of thioether (sulfide) groups is 2. The van der Waals surface area contributed by atoms with Crippen molar-refractivity contribution in [1.29, 1.82) is 0 Å². The molecule has 0 fully saturated rings. The number of carbonyl (C=O) groups is 2. The lowest BCUT2D eigenvalue weighted by atomic mass is 10.2. The monoisotopic (exact) mass is 347 g/mol. The molecule has 118 valence electrons. The molecule has 1 unspecified atom stereocenters. The highest BCUT2D eigenvalue weighted by Gasteiger charge is 2.24. The van der Waals surface area contributed by atoms with E-state index in [0.717, 1.165) is 9.96 Å². The fraction of sp³-hybridized carbons (Fsp3) is 0.571. The molecule has 4 nitrogen and oxygen atoms in total. The van der Waals surface area contributed by atoms with E-state index in [1.807, 2.05) is 18.6 Å². The highest BCUT2D eigenvalue weighted by Crippen LogP contribution is 2.25. The first-order valence-corrected chi connectivity index (χ1v) is 10.1. The molecule has 1 rings (SSSR count). The van der Waals surface area contributed by atoms with Crippen LogP contribution in [0.1, 0.15) is 29.9 Å². The molecule has 1 aromatic heterocycles. The number of thiophene rings is 1. The summed E-state index contributed by atoms with van der Waals surface area (Å²) in [4.78, 5) is 24.9. The van der Waals surface area contributed by atoms with Crippen molar-refractivity contribution in [2.45, 2.75) is 36.6 Å². The van der Waals surface area contributed by atoms with Crippen LogP contribution in [0.4, 0.5) is 0 Å². The van der Waals surface area contributed by atoms with Gasteiger partial charge in [-0.15, -0.1) is 23.1 Å². The molecule has 1 heterocycles. The molecule has 0 radical (unpaired) electrons. The van der Waals surface area contributed by atoms with E-state index < -0.39 is 6.04 Å². The topological polar surface area (TPSA) is 55.4 Å². The fourth-order valence-electron chi connectivity index (χ4n) is 1.58. The zero-order valence-corrected chi connectivity index (χ0v) is 15.1.